The quantitative estimate of drug-likeness (QED) is 0.0437. The number of rotatable bonds is 19. The average Bonchev–Trinajstić information content (AvgIpc) is 3.71. The SMILES string of the molecule is CNC(=O)C1(CC[C@H](CCCN=C(N)N)NC(=O)[C@@H](Cc2ccccc2)OC[C@H](Cc2ccc(O)cc2)NC(C)=O)CC1c1cc2ccccc2[nH]1. The van der Waals surface area contributed by atoms with Crippen LogP contribution in [0, 0.1) is 5.41 Å². The minimum Gasteiger partial charge on any atom is -0.508 e. The van der Waals surface area contributed by atoms with Crippen molar-refractivity contribution in [2.45, 2.75) is 76.0 Å². The monoisotopic (exact) mass is 709 g/mol. The van der Waals surface area contributed by atoms with Crippen molar-refractivity contribution in [1.82, 2.24) is 20.9 Å². The lowest BCUT2D eigenvalue weighted by Crippen LogP contribution is -2.46. The molecule has 0 radical (unpaired) electrons. The van der Waals surface area contributed by atoms with Gasteiger partial charge in [0.1, 0.15) is 11.9 Å². The number of nitrogens with two attached hydrogens (primary N) is 2. The summed E-state index contributed by atoms with van der Waals surface area (Å²) in [5.41, 5.74) is 14.5. The van der Waals surface area contributed by atoms with E-state index in [0.29, 0.717) is 51.5 Å². The molecule has 0 spiro atoms. The highest BCUT2D eigenvalue weighted by Crippen LogP contribution is 2.62. The summed E-state index contributed by atoms with van der Waals surface area (Å²) in [6, 6.07) is 25.9. The number of amides is 3. The largest absolute Gasteiger partial charge is 0.508 e. The van der Waals surface area contributed by atoms with Crippen LogP contribution in [0.2, 0.25) is 0 Å². The molecule has 1 aliphatic carbocycles. The van der Waals surface area contributed by atoms with Gasteiger partial charge in [0.25, 0.3) is 0 Å². The van der Waals surface area contributed by atoms with E-state index in [9.17, 15) is 19.5 Å². The van der Waals surface area contributed by atoms with Gasteiger partial charge in [-0.3, -0.25) is 19.4 Å². The highest BCUT2D eigenvalue weighted by molar-refractivity contribution is 5.88. The van der Waals surface area contributed by atoms with Crippen LogP contribution < -0.4 is 27.4 Å². The highest BCUT2D eigenvalue weighted by Gasteiger charge is 2.60. The van der Waals surface area contributed by atoms with Gasteiger partial charge in [-0.2, -0.15) is 0 Å². The van der Waals surface area contributed by atoms with Gasteiger partial charge >= 0.3 is 0 Å². The molecular weight excluding hydrogens is 658 g/mol. The number of benzene rings is 3. The molecule has 1 aliphatic rings. The normalized spacial score (nSPS) is 18.2. The second kappa shape index (κ2) is 17.7. The fourth-order valence-electron chi connectivity index (χ4n) is 7.09. The number of ether oxygens (including phenoxy) is 1. The number of nitrogens with zero attached hydrogens (tertiary/aromatic N) is 1. The van der Waals surface area contributed by atoms with Crippen LogP contribution in [-0.2, 0) is 32.0 Å². The maximum Gasteiger partial charge on any atom is 0.249 e. The topological polar surface area (TPSA) is 197 Å². The number of aromatic amines is 1. The van der Waals surface area contributed by atoms with Crippen molar-refractivity contribution in [3.8, 4) is 5.75 Å². The molecule has 52 heavy (non-hydrogen) atoms. The molecule has 0 aliphatic heterocycles. The van der Waals surface area contributed by atoms with Crippen molar-refractivity contribution in [2.75, 3.05) is 20.2 Å². The van der Waals surface area contributed by atoms with Crippen molar-refractivity contribution in [3.05, 3.63) is 102 Å². The molecule has 276 valence electrons. The Morgan fingerprint density at radius 2 is 1.65 bits per heavy atom. The first-order chi connectivity index (χ1) is 25.1. The molecule has 1 aromatic heterocycles. The number of para-hydroxylation sites is 1. The third-order valence-corrected chi connectivity index (χ3v) is 9.85. The molecule has 9 N–H and O–H groups in total. The number of aromatic hydroxyl groups is 1. The zero-order valence-electron chi connectivity index (χ0n) is 29.9. The maximum absolute atomic E-state index is 14.1. The van der Waals surface area contributed by atoms with E-state index in [1.807, 2.05) is 48.5 Å². The first kappa shape index (κ1) is 37.9. The Bertz CT molecular complexity index is 1790. The lowest BCUT2D eigenvalue weighted by atomic mass is 9.91. The van der Waals surface area contributed by atoms with Gasteiger partial charge in [0.05, 0.1) is 18.1 Å². The molecule has 5 atom stereocenters. The standard InChI is InChI=1S/C40H51N7O5/c1-26(48)45-31(21-28-14-16-32(49)17-15-28)25-52-36(22-27-9-4-3-5-10-27)37(50)46-30(12-8-20-44-39(41)42)18-19-40(38(51)43-2)24-33(40)35-23-29-11-6-7-13-34(29)47-35/h3-7,9-11,13-17,23,30-31,33,36,47,49H,8,12,18-22,24-25H2,1-2H3,(H,43,51)(H,45,48)(H,46,50)(H4,41,42,44)/t30-,31-,33?,36+,40?/m0/s1. The van der Waals surface area contributed by atoms with Crippen LogP contribution in [0.25, 0.3) is 10.9 Å². The van der Waals surface area contributed by atoms with Crippen molar-refractivity contribution < 1.29 is 24.2 Å². The maximum atomic E-state index is 14.1. The summed E-state index contributed by atoms with van der Waals surface area (Å²) in [6.45, 7) is 1.94. The molecule has 1 heterocycles. The van der Waals surface area contributed by atoms with Crippen molar-refractivity contribution >= 4 is 34.6 Å². The van der Waals surface area contributed by atoms with Gasteiger partial charge in [-0.25, -0.2) is 0 Å². The van der Waals surface area contributed by atoms with Crippen LogP contribution in [0.15, 0.2) is 89.9 Å². The second-order valence-electron chi connectivity index (χ2n) is 13.8. The van der Waals surface area contributed by atoms with Crippen LogP contribution in [0.1, 0.15) is 61.8 Å². The highest BCUT2D eigenvalue weighted by atomic mass is 16.5. The lowest BCUT2D eigenvalue weighted by Gasteiger charge is -2.26. The van der Waals surface area contributed by atoms with Crippen molar-refractivity contribution in [2.24, 2.45) is 21.9 Å². The molecule has 4 aromatic rings. The Labute approximate surface area is 304 Å². The molecular formula is C40H51N7O5. The van der Waals surface area contributed by atoms with Crippen molar-refractivity contribution in [1.29, 1.82) is 0 Å². The molecule has 5 rings (SSSR count). The zero-order chi connectivity index (χ0) is 37.1. The first-order valence-corrected chi connectivity index (χ1v) is 17.9. The summed E-state index contributed by atoms with van der Waals surface area (Å²) in [6.07, 6.45) is 2.98. The number of hydrogen-bond donors (Lipinski definition) is 7. The second-order valence-corrected chi connectivity index (χ2v) is 13.8. The molecule has 12 nitrogen and oxygen atoms in total. The lowest BCUT2D eigenvalue weighted by molar-refractivity contribution is -0.134. The molecule has 2 unspecified atom stereocenters. The van der Waals surface area contributed by atoms with Crippen LogP contribution in [0.4, 0.5) is 0 Å². The van der Waals surface area contributed by atoms with E-state index >= 15 is 0 Å². The van der Waals surface area contributed by atoms with Crippen molar-refractivity contribution in [3.63, 3.8) is 0 Å². The summed E-state index contributed by atoms with van der Waals surface area (Å²) >= 11 is 0. The third-order valence-electron chi connectivity index (χ3n) is 9.85. The summed E-state index contributed by atoms with van der Waals surface area (Å²) in [7, 11) is 1.67. The van der Waals surface area contributed by atoms with Gasteiger partial charge in [0, 0.05) is 50.1 Å². The number of aromatic nitrogens is 1. The molecule has 0 saturated heterocycles. The fraction of sp³-hybridized carbons (Fsp3) is 0.400. The predicted molar refractivity (Wildman–Crippen MR) is 203 cm³/mol. The van der Waals surface area contributed by atoms with E-state index in [2.05, 4.69) is 38.1 Å². The van der Waals surface area contributed by atoms with Crippen LogP contribution in [0.5, 0.6) is 5.75 Å². The van der Waals surface area contributed by atoms with E-state index in [4.69, 9.17) is 16.2 Å². The molecule has 12 heteroatoms. The smallest absolute Gasteiger partial charge is 0.249 e. The average molecular weight is 710 g/mol. The van der Waals surface area contributed by atoms with Gasteiger partial charge in [-0.05, 0) is 79.3 Å². The number of guanidine groups is 1. The summed E-state index contributed by atoms with van der Waals surface area (Å²) < 4.78 is 6.34. The summed E-state index contributed by atoms with van der Waals surface area (Å²) in [4.78, 5) is 47.3. The number of fused-ring (bicyclic) bond motifs is 1. The Morgan fingerprint density at radius 1 is 0.942 bits per heavy atom. The Morgan fingerprint density at radius 3 is 2.35 bits per heavy atom. The number of carbonyl (C=O) groups excluding carboxylic acids is 3. The minimum absolute atomic E-state index is 0.00957. The molecule has 1 saturated carbocycles. The van der Waals surface area contributed by atoms with Crippen LogP contribution in [-0.4, -0.2) is 72.2 Å². The number of hydrogen-bond acceptors (Lipinski definition) is 6. The Balaban J connectivity index is 1.32. The van der Waals surface area contributed by atoms with Gasteiger partial charge < -0.3 is 42.2 Å². The van der Waals surface area contributed by atoms with Crippen LogP contribution >= 0.6 is 0 Å². The molecule has 0 bridgehead atoms. The number of phenolic OH excluding ortho intramolecular Hbond substituents is 1. The van der Waals surface area contributed by atoms with E-state index in [1.54, 1.807) is 31.3 Å². The van der Waals surface area contributed by atoms with Gasteiger partial charge in [0.2, 0.25) is 17.7 Å². The Kier molecular flexibility index (Phi) is 12.9. The van der Waals surface area contributed by atoms with E-state index in [-0.39, 0.29) is 48.0 Å². The zero-order valence-corrected chi connectivity index (χ0v) is 29.9. The first-order valence-electron chi connectivity index (χ1n) is 17.9. The van der Waals surface area contributed by atoms with Crippen LogP contribution in [0.3, 0.4) is 0 Å². The third kappa shape index (κ3) is 10.3. The molecule has 3 amide bonds. The number of nitrogens with one attached hydrogen (secondary N) is 4. The molecule has 1 fully saturated rings. The number of aliphatic imine (C=N–C) groups is 1. The predicted octanol–water partition coefficient (Wildman–Crippen LogP) is 3.79. The van der Waals surface area contributed by atoms with Gasteiger partial charge in [0.15, 0.2) is 5.96 Å². The number of phenols is 1. The summed E-state index contributed by atoms with van der Waals surface area (Å²) in [5, 5.41) is 19.9. The molecule has 3 aromatic carbocycles. The number of H-pyrrole nitrogens is 1. The number of carbonyl (C=O) groups is 3. The Hall–Kier alpha value is -5.36. The van der Waals surface area contributed by atoms with E-state index < -0.39 is 17.6 Å². The summed E-state index contributed by atoms with van der Waals surface area (Å²) in [5.74, 6) is -0.307. The fourth-order valence-corrected chi connectivity index (χ4v) is 7.09. The van der Waals surface area contributed by atoms with Gasteiger partial charge in [-0.1, -0.05) is 60.7 Å². The van der Waals surface area contributed by atoms with Gasteiger partial charge in [-0.15, -0.1) is 0 Å². The minimum atomic E-state index is -0.855. The van der Waals surface area contributed by atoms with E-state index in [1.165, 1.54) is 6.92 Å². The van der Waals surface area contributed by atoms with E-state index in [0.717, 1.165) is 27.7 Å².